The molecule has 0 spiro atoms. The van der Waals surface area contributed by atoms with Crippen molar-refractivity contribution >= 4 is 47.2 Å². The van der Waals surface area contributed by atoms with Gasteiger partial charge in [-0.15, -0.1) is 0 Å². The molecule has 1 fully saturated rings. The Morgan fingerprint density at radius 3 is 2.51 bits per heavy atom. The van der Waals surface area contributed by atoms with Gasteiger partial charge in [-0.3, -0.25) is 14.9 Å². The van der Waals surface area contributed by atoms with E-state index < -0.39 is 29.6 Å². The number of halogens is 2. The maximum absolute atomic E-state index is 13.5. The van der Waals surface area contributed by atoms with Crippen molar-refractivity contribution in [2.75, 3.05) is 11.5 Å². The minimum absolute atomic E-state index is 0.0210. The minimum atomic E-state index is -0.940. The van der Waals surface area contributed by atoms with Gasteiger partial charge in [0.1, 0.15) is 23.7 Å². The van der Waals surface area contributed by atoms with Gasteiger partial charge in [-0.2, -0.15) is 0 Å². The van der Waals surface area contributed by atoms with Gasteiger partial charge in [-0.05, 0) is 73.2 Å². The molecule has 0 unspecified atom stereocenters. The summed E-state index contributed by atoms with van der Waals surface area (Å²) in [7, 11) is 0. The Hall–Kier alpha value is -4.50. The summed E-state index contributed by atoms with van der Waals surface area (Å²) in [6.07, 6.45) is 1.26. The summed E-state index contributed by atoms with van der Waals surface area (Å²) < 4.78 is 24.2. The predicted molar refractivity (Wildman–Crippen MR) is 134 cm³/mol. The van der Waals surface area contributed by atoms with Gasteiger partial charge in [0.25, 0.3) is 11.8 Å². The lowest BCUT2D eigenvalue weighted by atomic mass is 10.1. The highest BCUT2D eigenvalue weighted by atomic mass is 35.5. The molecule has 0 atom stereocenters. The number of barbiturate groups is 1. The quantitative estimate of drug-likeness (QED) is 0.269. The van der Waals surface area contributed by atoms with Gasteiger partial charge in [0.15, 0.2) is 0 Å². The standard InChI is InChI=1S/C27H20ClFN2O6/c1-2-36-26(34)17-6-9-21(10-7-17)31-25(33)22(24(32)30-27(31)35)14-18-13-19(28)8-11-23(18)37-15-16-4-3-5-20(29)12-16/h3-14H,2,15H2,1H3,(H,30,32,35)/b22-14+. The van der Waals surface area contributed by atoms with Crippen molar-refractivity contribution in [3.63, 3.8) is 0 Å². The third-order valence-corrected chi connectivity index (χ3v) is 5.53. The van der Waals surface area contributed by atoms with Gasteiger partial charge in [0.2, 0.25) is 0 Å². The number of hydrogen-bond donors (Lipinski definition) is 1. The van der Waals surface area contributed by atoms with Crippen molar-refractivity contribution in [3.8, 4) is 5.75 Å². The fraction of sp³-hybridized carbons (Fsp3) is 0.111. The first kappa shape index (κ1) is 25.6. The summed E-state index contributed by atoms with van der Waals surface area (Å²) in [6.45, 7) is 1.89. The number of benzene rings is 3. The molecule has 0 aliphatic carbocycles. The molecule has 0 bridgehead atoms. The molecule has 3 aromatic rings. The molecule has 0 aromatic heterocycles. The number of ether oxygens (including phenoxy) is 2. The average Bonchev–Trinajstić information content (AvgIpc) is 2.86. The van der Waals surface area contributed by atoms with Crippen LogP contribution in [0.1, 0.15) is 28.4 Å². The molecule has 8 nitrogen and oxygen atoms in total. The lowest BCUT2D eigenvalue weighted by molar-refractivity contribution is -0.122. The van der Waals surface area contributed by atoms with Gasteiger partial charge in [-0.25, -0.2) is 18.9 Å². The van der Waals surface area contributed by atoms with E-state index in [1.54, 1.807) is 31.2 Å². The smallest absolute Gasteiger partial charge is 0.338 e. The Bertz CT molecular complexity index is 1420. The number of nitrogens with one attached hydrogen (secondary N) is 1. The van der Waals surface area contributed by atoms with Crippen molar-refractivity contribution in [1.82, 2.24) is 5.32 Å². The van der Waals surface area contributed by atoms with Crippen molar-refractivity contribution < 1.29 is 33.0 Å². The second-order valence-electron chi connectivity index (χ2n) is 7.83. The number of nitrogens with zero attached hydrogens (tertiary/aromatic N) is 1. The van der Waals surface area contributed by atoms with Crippen LogP contribution in [0.5, 0.6) is 5.75 Å². The molecule has 1 saturated heterocycles. The maximum Gasteiger partial charge on any atom is 0.338 e. The molecule has 1 aliphatic rings. The highest BCUT2D eigenvalue weighted by molar-refractivity contribution is 6.39. The van der Waals surface area contributed by atoms with Crippen LogP contribution in [0.4, 0.5) is 14.9 Å². The number of amides is 4. The number of hydrogen-bond acceptors (Lipinski definition) is 6. The van der Waals surface area contributed by atoms with Crippen molar-refractivity contribution in [3.05, 3.63) is 99.8 Å². The van der Waals surface area contributed by atoms with Crippen LogP contribution in [-0.4, -0.2) is 30.4 Å². The first-order valence-corrected chi connectivity index (χ1v) is 11.5. The lowest BCUT2D eigenvalue weighted by Gasteiger charge is -2.26. The van der Waals surface area contributed by atoms with E-state index in [1.165, 1.54) is 48.5 Å². The van der Waals surface area contributed by atoms with Crippen LogP contribution in [0, 0.1) is 5.82 Å². The second-order valence-corrected chi connectivity index (χ2v) is 8.26. The predicted octanol–water partition coefficient (Wildman–Crippen LogP) is 4.90. The van der Waals surface area contributed by atoms with Crippen LogP contribution in [0.3, 0.4) is 0 Å². The Morgan fingerprint density at radius 1 is 1.05 bits per heavy atom. The monoisotopic (exact) mass is 522 g/mol. The molecule has 10 heteroatoms. The lowest BCUT2D eigenvalue weighted by Crippen LogP contribution is -2.54. The summed E-state index contributed by atoms with van der Waals surface area (Å²) >= 11 is 6.13. The topological polar surface area (TPSA) is 102 Å². The van der Waals surface area contributed by atoms with Crippen LogP contribution in [0.15, 0.2) is 72.3 Å². The Labute approximate surface area is 216 Å². The zero-order valence-electron chi connectivity index (χ0n) is 19.5. The molecule has 4 rings (SSSR count). The Morgan fingerprint density at radius 2 is 1.81 bits per heavy atom. The van der Waals surface area contributed by atoms with Gasteiger partial charge < -0.3 is 9.47 Å². The third-order valence-electron chi connectivity index (χ3n) is 5.29. The Kier molecular flexibility index (Phi) is 7.64. The molecule has 1 N–H and O–H groups in total. The molecular weight excluding hydrogens is 503 g/mol. The van der Waals surface area contributed by atoms with Gasteiger partial charge >= 0.3 is 12.0 Å². The van der Waals surface area contributed by atoms with E-state index in [-0.39, 0.29) is 35.8 Å². The van der Waals surface area contributed by atoms with Crippen molar-refractivity contribution in [2.45, 2.75) is 13.5 Å². The van der Waals surface area contributed by atoms with Crippen LogP contribution >= 0.6 is 11.6 Å². The van der Waals surface area contributed by atoms with Crippen molar-refractivity contribution in [2.24, 2.45) is 0 Å². The molecular formula is C27H20ClFN2O6. The van der Waals surface area contributed by atoms with Crippen LogP contribution < -0.4 is 15.0 Å². The van der Waals surface area contributed by atoms with E-state index in [0.29, 0.717) is 16.1 Å². The first-order chi connectivity index (χ1) is 17.8. The fourth-order valence-electron chi connectivity index (χ4n) is 3.56. The van der Waals surface area contributed by atoms with Gasteiger partial charge in [0.05, 0.1) is 17.9 Å². The zero-order chi connectivity index (χ0) is 26.5. The summed E-state index contributed by atoms with van der Waals surface area (Å²) in [5.74, 6) is -2.46. The number of esters is 1. The molecule has 37 heavy (non-hydrogen) atoms. The molecule has 1 heterocycles. The number of rotatable bonds is 7. The number of anilines is 1. The zero-order valence-corrected chi connectivity index (χ0v) is 20.3. The Balaban J connectivity index is 1.63. The number of imide groups is 2. The van der Waals surface area contributed by atoms with Crippen molar-refractivity contribution in [1.29, 1.82) is 0 Å². The van der Waals surface area contributed by atoms with Crippen LogP contribution in [-0.2, 0) is 20.9 Å². The van der Waals surface area contributed by atoms with E-state index in [4.69, 9.17) is 21.1 Å². The van der Waals surface area contributed by atoms with Crippen LogP contribution in [0.2, 0.25) is 5.02 Å². The fourth-order valence-corrected chi connectivity index (χ4v) is 3.74. The molecule has 1 aliphatic heterocycles. The summed E-state index contributed by atoms with van der Waals surface area (Å²) in [5, 5.41) is 2.45. The van der Waals surface area contributed by atoms with E-state index in [1.807, 2.05) is 0 Å². The number of carbonyl (C=O) groups is 4. The molecule has 0 radical (unpaired) electrons. The van der Waals surface area contributed by atoms with Gasteiger partial charge in [0, 0.05) is 10.6 Å². The SMILES string of the molecule is CCOC(=O)c1ccc(N2C(=O)NC(=O)/C(=C\c3cc(Cl)ccc3OCc3cccc(F)c3)C2=O)cc1. The van der Waals surface area contributed by atoms with Crippen LogP contribution in [0.25, 0.3) is 6.08 Å². The van der Waals surface area contributed by atoms with Gasteiger partial charge in [-0.1, -0.05) is 23.7 Å². The maximum atomic E-state index is 13.5. The average molecular weight is 523 g/mol. The van der Waals surface area contributed by atoms with E-state index in [9.17, 15) is 23.6 Å². The van der Waals surface area contributed by atoms with E-state index in [0.717, 1.165) is 4.90 Å². The normalized spacial score (nSPS) is 14.5. The highest BCUT2D eigenvalue weighted by Gasteiger charge is 2.37. The third kappa shape index (κ3) is 5.84. The summed E-state index contributed by atoms with van der Waals surface area (Å²) in [5.41, 5.74) is 0.910. The first-order valence-electron chi connectivity index (χ1n) is 11.1. The molecule has 0 saturated carbocycles. The second kappa shape index (κ2) is 11.0. The van der Waals surface area contributed by atoms with E-state index in [2.05, 4.69) is 5.32 Å². The minimum Gasteiger partial charge on any atom is -0.488 e. The largest absolute Gasteiger partial charge is 0.488 e. The highest BCUT2D eigenvalue weighted by Crippen LogP contribution is 2.29. The summed E-state index contributed by atoms with van der Waals surface area (Å²) in [6, 6.07) is 15.1. The number of carbonyl (C=O) groups excluding carboxylic acids is 4. The van der Waals surface area contributed by atoms with E-state index >= 15 is 0 Å². The molecule has 4 amide bonds. The molecule has 188 valence electrons. The molecule has 3 aromatic carbocycles. The summed E-state index contributed by atoms with van der Waals surface area (Å²) in [4.78, 5) is 51.1. The number of urea groups is 1.